The van der Waals surface area contributed by atoms with E-state index in [0.717, 1.165) is 6.42 Å². The average molecular weight is 524 g/mol. The minimum absolute atomic E-state index is 0.0691. The van der Waals surface area contributed by atoms with E-state index in [2.05, 4.69) is 20.8 Å². The second-order valence-electron chi connectivity index (χ2n) is 8.70. The van der Waals surface area contributed by atoms with Crippen LogP contribution in [-0.2, 0) is 16.1 Å². The van der Waals surface area contributed by atoms with Gasteiger partial charge in [0.25, 0.3) is 5.91 Å². The average Bonchev–Trinajstić information content (AvgIpc) is 3.31. The molecule has 2 amide bonds. The Labute approximate surface area is 221 Å². The molecule has 9 nitrogen and oxygen atoms in total. The summed E-state index contributed by atoms with van der Waals surface area (Å²) in [7, 11) is 0. The summed E-state index contributed by atoms with van der Waals surface area (Å²) >= 11 is 1.26. The third kappa shape index (κ3) is 7.66. The molecule has 0 unspecified atom stereocenters. The molecule has 0 fully saturated rings. The van der Waals surface area contributed by atoms with Crippen molar-refractivity contribution < 1.29 is 19.1 Å². The number of nitrogens with zero attached hydrogens (tertiary/aromatic N) is 3. The van der Waals surface area contributed by atoms with Crippen LogP contribution < -0.4 is 10.6 Å². The molecule has 1 aromatic heterocycles. The predicted molar refractivity (Wildman–Crippen MR) is 144 cm³/mol. The first kappa shape index (κ1) is 27.9. The SMILES string of the molecule is CCCOC(=O)c1cccc(NC(=O)CSc2nnc([C@@H](NC(=O)c3ccccc3)C(C)C)n2CC)c1. The molecule has 0 aliphatic rings. The molecular formula is C27H33N5O4S. The van der Waals surface area contributed by atoms with Crippen LogP contribution in [0, 0.1) is 5.92 Å². The zero-order valence-corrected chi connectivity index (χ0v) is 22.4. The van der Waals surface area contributed by atoms with Gasteiger partial charge in [0.15, 0.2) is 11.0 Å². The maximum Gasteiger partial charge on any atom is 0.338 e. The molecule has 10 heteroatoms. The van der Waals surface area contributed by atoms with Crippen LogP contribution in [-0.4, -0.2) is 44.9 Å². The minimum atomic E-state index is -0.421. The predicted octanol–water partition coefficient (Wildman–Crippen LogP) is 4.72. The number of carbonyl (C=O) groups excluding carboxylic acids is 3. The molecule has 1 heterocycles. The highest BCUT2D eigenvalue weighted by molar-refractivity contribution is 7.99. The lowest BCUT2D eigenvalue weighted by molar-refractivity contribution is -0.113. The summed E-state index contributed by atoms with van der Waals surface area (Å²) in [5, 5.41) is 15.1. The molecule has 1 atom stereocenters. The Morgan fingerprint density at radius 3 is 2.41 bits per heavy atom. The number of rotatable bonds is 12. The Bertz CT molecular complexity index is 1210. The topological polar surface area (TPSA) is 115 Å². The summed E-state index contributed by atoms with van der Waals surface area (Å²) in [5.74, 6) is -0.0308. The lowest BCUT2D eigenvalue weighted by atomic mass is 10.0. The van der Waals surface area contributed by atoms with Crippen molar-refractivity contribution in [3.63, 3.8) is 0 Å². The van der Waals surface area contributed by atoms with Crippen LogP contribution in [0.2, 0.25) is 0 Å². The lowest BCUT2D eigenvalue weighted by Gasteiger charge is -2.22. The minimum Gasteiger partial charge on any atom is -0.462 e. The maximum atomic E-state index is 12.8. The van der Waals surface area contributed by atoms with Crippen molar-refractivity contribution in [1.29, 1.82) is 0 Å². The van der Waals surface area contributed by atoms with Crippen LogP contribution in [0.1, 0.15) is 66.7 Å². The number of thioether (sulfide) groups is 1. The Morgan fingerprint density at radius 2 is 1.73 bits per heavy atom. The van der Waals surface area contributed by atoms with Gasteiger partial charge in [0.05, 0.1) is 24.0 Å². The van der Waals surface area contributed by atoms with E-state index in [1.54, 1.807) is 36.4 Å². The van der Waals surface area contributed by atoms with Crippen LogP contribution in [0.4, 0.5) is 5.69 Å². The number of benzene rings is 2. The zero-order chi connectivity index (χ0) is 26.8. The van der Waals surface area contributed by atoms with Gasteiger partial charge in [0.2, 0.25) is 5.91 Å². The van der Waals surface area contributed by atoms with Crippen LogP contribution in [0.15, 0.2) is 59.8 Å². The summed E-state index contributed by atoms with van der Waals surface area (Å²) in [6.07, 6.45) is 0.737. The van der Waals surface area contributed by atoms with Crippen molar-refractivity contribution in [3.8, 4) is 0 Å². The number of hydrogen-bond acceptors (Lipinski definition) is 7. The highest BCUT2D eigenvalue weighted by atomic mass is 32.2. The lowest BCUT2D eigenvalue weighted by Crippen LogP contribution is -2.33. The molecule has 37 heavy (non-hydrogen) atoms. The number of esters is 1. The normalized spacial score (nSPS) is 11.7. The van der Waals surface area contributed by atoms with Crippen molar-refractivity contribution in [2.75, 3.05) is 17.7 Å². The van der Waals surface area contributed by atoms with E-state index in [1.807, 2.05) is 50.5 Å². The molecule has 0 radical (unpaired) electrons. The fourth-order valence-electron chi connectivity index (χ4n) is 3.61. The number of carbonyl (C=O) groups is 3. The van der Waals surface area contributed by atoms with E-state index in [0.29, 0.717) is 40.9 Å². The highest BCUT2D eigenvalue weighted by Crippen LogP contribution is 2.26. The molecule has 0 aliphatic heterocycles. The number of anilines is 1. The van der Waals surface area contributed by atoms with Crippen molar-refractivity contribution in [2.45, 2.75) is 51.9 Å². The van der Waals surface area contributed by atoms with Crippen LogP contribution >= 0.6 is 11.8 Å². The number of hydrogen-bond donors (Lipinski definition) is 2. The number of nitrogens with one attached hydrogen (secondary N) is 2. The van der Waals surface area contributed by atoms with Gasteiger partial charge in [-0.2, -0.15) is 0 Å². The Hall–Kier alpha value is -3.66. The van der Waals surface area contributed by atoms with Gasteiger partial charge < -0.3 is 19.9 Å². The molecule has 2 N–H and O–H groups in total. The number of aromatic nitrogens is 3. The zero-order valence-electron chi connectivity index (χ0n) is 21.6. The summed E-state index contributed by atoms with van der Waals surface area (Å²) < 4.78 is 7.07. The molecule has 0 bridgehead atoms. The first-order chi connectivity index (χ1) is 17.8. The third-order valence-corrected chi connectivity index (χ3v) is 6.45. The Kier molecular flexibility index (Phi) is 10.3. The molecule has 0 aliphatic carbocycles. The van der Waals surface area contributed by atoms with Crippen LogP contribution in [0.3, 0.4) is 0 Å². The van der Waals surface area contributed by atoms with Gasteiger partial charge in [-0.1, -0.05) is 56.8 Å². The van der Waals surface area contributed by atoms with E-state index in [1.165, 1.54) is 11.8 Å². The van der Waals surface area contributed by atoms with Gasteiger partial charge in [-0.05, 0) is 49.6 Å². The van der Waals surface area contributed by atoms with E-state index in [-0.39, 0.29) is 29.5 Å². The van der Waals surface area contributed by atoms with Gasteiger partial charge >= 0.3 is 5.97 Å². The van der Waals surface area contributed by atoms with Gasteiger partial charge in [-0.3, -0.25) is 9.59 Å². The second-order valence-corrected chi connectivity index (χ2v) is 9.64. The molecule has 0 saturated heterocycles. The van der Waals surface area contributed by atoms with Crippen LogP contribution in [0.5, 0.6) is 0 Å². The van der Waals surface area contributed by atoms with E-state index in [9.17, 15) is 14.4 Å². The van der Waals surface area contributed by atoms with Crippen molar-refractivity contribution in [2.24, 2.45) is 5.92 Å². The fraction of sp³-hybridized carbons (Fsp3) is 0.370. The summed E-state index contributed by atoms with van der Waals surface area (Å²) in [6.45, 7) is 8.84. The van der Waals surface area contributed by atoms with Crippen molar-refractivity contribution in [3.05, 3.63) is 71.5 Å². The maximum absolute atomic E-state index is 12.8. The van der Waals surface area contributed by atoms with Crippen molar-refractivity contribution >= 4 is 35.2 Å². The van der Waals surface area contributed by atoms with E-state index >= 15 is 0 Å². The fourth-order valence-corrected chi connectivity index (χ4v) is 4.42. The summed E-state index contributed by atoms with van der Waals surface area (Å²) in [4.78, 5) is 37.5. The van der Waals surface area contributed by atoms with Crippen LogP contribution in [0.25, 0.3) is 0 Å². The molecule has 196 valence electrons. The summed E-state index contributed by atoms with van der Waals surface area (Å²) in [6, 6.07) is 15.3. The number of ether oxygens (including phenoxy) is 1. The van der Waals surface area contributed by atoms with Gasteiger partial charge in [-0.25, -0.2) is 4.79 Å². The Balaban J connectivity index is 1.66. The van der Waals surface area contributed by atoms with Crippen molar-refractivity contribution in [1.82, 2.24) is 20.1 Å². The summed E-state index contributed by atoms with van der Waals surface area (Å²) in [5.41, 5.74) is 1.47. The molecular weight excluding hydrogens is 490 g/mol. The first-order valence-electron chi connectivity index (χ1n) is 12.3. The molecule has 3 rings (SSSR count). The second kappa shape index (κ2) is 13.6. The van der Waals surface area contributed by atoms with Gasteiger partial charge in [0.1, 0.15) is 0 Å². The largest absolute Gasteiger partial charge is 0.462 e. The molecule has 0 saturated carbocycles. The molecule has 2 aromatic carbocycles. The highest BCUT2D eigenvalue weighted by Gasteiger charge is 2.26. The smallest absolute Gasteiger partial charge is 0.338 e. The van der Waals surface area contributed by atoms with E-state index < -0.39 is 5.97 Å². The molecule has 3 aromatic rings. The number of amides is 2. The standard InChI is InChI=1S/C27H33N5O4S/c1-5-15-36-26(35)20-13-10-14-21(16-20)28-22(33)17-37-27-31-30-24(32(27)6-2)23(18(3)4)29-25(34)19-11-8-7-9-12-19/h7-14,16,18,23H,5-6,15,17H2,1-4H3,(H,28,33)(H,29,34)/t23-/m0/s1. The first-order valence-corrected chi connectivity index (χ1v) is 13.3. The quantitative estimate of drug-likeness (QED) is 0.261. The van der Waals surface area contributed by atoms with Gasteiger partial charge in [0, 0.05) is 17.8 Å². The monoisotopic (exact) mass is 523 g/mol. The Morgan fingerprint density at radius 1 is 1.00 bits per heavy atom. The molecule has 0 spiro atoms. The third-order valence-electron chi connectivity index (χ3n) is 5.48. The van der Waals surface area contributed by atoms with Gasteiger partial charge in [-0.15, -0.1) is 10.2 Å². The van der Waals surface area contributed by atoms with E-state index in [4.69, 9.17) is 4.74 Å².